The molecule has 2 aromatic heterocycles. The lowest BCUT2D eigenvalue weighted by molar-refractivity contribution is 0.380. The lowest BCUT2D eigenvalue weighted by Gasteiger charge is -2.04. The number of nitrogen functional groups attached to an aromatic ring is 1. The van der Waals surface area contributed by atoms with E-state index in [0.717, 1.165) is 16.4 Å². The molecule has 0 spiro atoms. The molecule has 0 radical (unpaired) electrons. The Kier molecular flexibility index (Phi) is 2.92. The van der Waals surface area contributed by atoms with E-state index in [9.17, 15) is 0 Å². The van der Waals surface area contributed by atoms with Crippen LogP contribution in [-0.4, -0.2) is 21.9 Å². The first-order chi connectivity index (χ1) is 9.28. The number of methoxy groups -OCH3 is 1. The maximum atomic E-state index is 5.81. The molecule has 0 amide bonds. The van der Waals surface area contributed by atoms with Crippen molar-refractivity contribution in [3.8, 4) is 22.4 Å². The van der Waals surface area contributed by atoms with Crippen molar-refractivity contribution in [1.82, 2.24) is 14.8 Å². The number of thiophene rings is 1. The fraction of sp³-hybridized carbons (Fsp3) is 0.0769. The number of benzene rings is 1. The van der Waals surface area contributed by atoms with Crippen LogP contribution in [0.2, 0.25) is 0 Å². The molecule has 0 aliphatic heterocycles. The van der Waals surface area contributed by atoms with Gasteiger partial charge in [-0.05, 0) is 29.6 Å². The van der Waals surface area contributed by atoms with Crippen LogP contribution in [0.3, 0.4) is 0 Å². The molecule has 0 aliphatic carbocycles. The van der Waals surface area contributed by atoms with Crippen LogP contribution in [0.4, 0.5) is 5.69 Å². The van der Waals surface area contributed by atoms with Crippen molar-refractivity contribution in [3.63, 3.8) is 0 Å². The first-order valence-corrected chi connectivity index (χ1v) is 6.57. The Morgan fingerprint density at radius 3 is 2.84 bits per heavy atom. The summed E-state index contributed by atoms with van der Waals surface area (Å²) in [6.07, 6.45) is 0. The predicted molar refractivity (Wildman–Crippen MR) is 75.6 cm³/mol. The highest BCUT2D eigenvalue weighted by atomic mass is 32.1. The fourth-order valence-electron chi connectivity index (χ4n) is 1.78. The second-order valence-corrected chi connectivity index (χ2v) is 4.85. The molecule has 0 saturated heterocycles. The van der Waals surface area contributed by atoms with E-state index in [1.807, 2.05) is 41.8 Å². The summed E-state index contributed by atoms with van der Waals surface area (Å²) < 4.78 is 6.85. The molecule has 1 aromatic carbocycles. The van der Waals surface area contributed by atoms with E-state index in [1.54, 1.807) is 23.1 Å². The van der Waals surface area contributed by atoms with Crippen LogP contribution in [0.15, 0.2) is 41.8 Å². The summed E-state index contributed by atoms with van der Waals surface area (Å²) in [7, 11) is 1.55. The van der Waals surface area contributed by atoms with Gasteiger partial charge in [-0.3, -0.25) is 0 Å². The van der Waals surface area contributed by atoms with Crippen LogP contribution >= 0.6 is 11.3 Å². The largest absolute Gasteiger partial charge is 0.466 e. The van der Waals surface area contributed by atoms with Gasteiger partial charge in [0.15, 0.2) is 5.82 Å². The van der Waals surface area contributed by atoms with Crippen molar-refractivity contribution in [3.05, 3.63) is 41.8 Å². The van der Waals surface area contributed by atoms with Gasteiger partial charge in [-0.1, -0.05) is 12.1 Å². The van der Waals surface area contributed by atoms with Crippen molar-refractivity contribution >= 4 is 17.0 Å². The molecule has 96 valence electrons. The zero-order valence-electron chi connectivity index (χ0n) is 10.3. The monoisotopic (exact) mass is 272 g/mol. The number of anilines is 1. The normalized spacial score (nSPS) is 10.6. The fourth-order valence-corrected chi connectivity index (χ4v) is 2.48. The number of ether oxygens (including phenoxy) is 1. The highest BCUT2D eigenvalue weighted by Crippen LogP contribution is 2.27. The number of hydrogen-bond donors (Lipinski definition) is 1. The smallest absolute Gasteiger partial charge is 0.336 e. The van der Waals surface area contributed by atoms with Crippen molar-refractivity contribution in [1.29, 1.82) is 0 Å². The summed E-state index contributed by atoms with van der Waals surface area (Å²) in [5.41, 5.74) is 7.36. The van der Waals surface area contributed by atoms with Gasteiger partial charge in [0.05, 0.1) is 17.7 Å². The highest BCUT2D eigenvalue weighted by Gasteiger charge is 2.14. The summed E-state index contributed by atoms with van der Waals surface area (Å²) in [5.74, 6) is 0.748. The van der Waals surface area contributed by atoms with Crippen molar-refractivity contribution in [2.75, 3.05) is 12.8 Å². The average Bonchev–Trinajstić information content (AvgIpc) is 3.07. The second-order valence-electron chi connectivity index (χ2n) is 3.91. The van der Waals surface area contributed by atoms with E-state index < -0.39 is 0 Å². The standard InChI is InChI=1S/C13H12N4OS/c1-18-13-15-12(11-6-3-7-19-11)17(16-13)10-5-2-4-9(14)8-10/h2-8H,14H2,1H3. The van der Waals surface area contributed by atoms with Crippen molar-refractivity contribution < 1.29 is 4.74 Å². The molecule has 3 aromatic rings. The van der Waals surface area contributed by atoms with E-state index in [0.29, 0.717) is 11.7 Å². The molecule has 0 bridgehead atoms. The van der Waals surface area contributed by atoms with Gasteiger partial charge in [-0.25, -0.2) is 4.68 Å². The van der Waals surface area contributed by atoms with Gasteiger partial charge in [0, 0.05) is 5.69 Å². The van der Waals surface area contributed by atoms with Crippen molar-refractivity contribution in [2.45, 2.75) is 0 Å². The van der Waals surface area contributed by atoms with Crippen LogP contribution in [0.25, 0.3) is 16.4 Å². The molecule has 19 heavy (non-hydrogen) atoms. The Balaban J connectivity index is 2.17. The first-order valence-electron chi connectivity index (χ1n) is 5.69. The third-order valence-corrected chi connectivity index (χ3v) is 3.49. The topological polar surface area (TPSA) is 66.0 Å². The predicted octanol–water partition coefficient (Wildman–Crippen LogP) is 2.59. The van der Waals surface area contributed by atoms with Gasteiger partial charge in [-0.2, -0.15) is 4.98 Å². The summed E-state index contributed by atoms with van der Waals surface area (Å²) in [5, 5.41) is 6.33. The first kappa shape index (κ1) is 11.7. The summed E-state index contributed by atoms with van der Waals surface area (Å²) >= 11 is 1.60. The van der Waals surface area contributed by atoms with Gasteiger partial charge < -0.3 is 10.5 Å². The zero-order chi connectivity index (χ0) is 13.2. The number of rotatable bonds is 3. The van der Waals surface area contributed by atoms with Crippen molar-refractivity contribution in [2.24, 2.45) is 0 Å². The van der Waals surface area contributed by atoms with E-state index in [2.05, 4.69) is 10.1 Å². The third-order valence-electron chi connectivity index (χ3n) is 2.63. The summed E-state index contributed by atoms with van der Waals surface area (Å²) in [6.45, 7) is 0. The highest BCUT2D eigenvalue weighted by molar-refractivity contribution is 7.13. The van der Waals surface area contributed by atoms with Gasteiger partial charge in [0.1, 0.15) is 0 Å². The van der Waals surface area contributed by atoms with Crippen LogP contribution in [0.5, 0.6) is 6.01 Å². The van der Waals surface area contributed by atoms with Gasteiger partial charge in [-0.15, -0.1) is 16.4 Å². The van der Waals surface area contributed by atoms with Crippen LogP contribution < -0.4 is 10.5 Å². The van der Waals surface area contributed by atoms with Crippen LogP contribution in [0.1, 0.15) is 0 Å². The molecular formula is C13H12N4OS. The molecule has 0 aliphatic rings. The zero-order valence-corrected chi connectivity index (χ0v) is 11.1. The Bertz CT molecular complexity index is 690. The Morgan fingerprint density at radius 1 is 1.26 bits per heavy atom. The van der Waals surface area contributed by atoms with Gasteiger partial charge in [0.2, 0.25) is 0 Å². The molecule has 0 fully saturated rings. The number of nitrogens with two attached hydrogens (primary N) is 1. The number of aromatic nitrogens is 3. The number of nitrogens with zero attached hydrogens (tertiary/aromatic N) is 3. The Morgan fingerprint density at radius 2 is 2.16 bits per heavy atom. The quantitative estimate of drug-likeness (QED) is 0.744. The maximum Gasteiger partial charge on any atom is 0.336 e. The lowest BCUT2D eigenvalue weighted by Crippen LogP contribution is -2.00. The number of hydrogen-bond acceptors (Lipinski definition) is 5. The minimum Gasteiger partial charge on any atom is -0.466 e. The molecule has 0 saturated carbocycles. The summed E-state index contributed by atoms with van der Waals surface area (Å²) in [4.78, 5) is 5.40. The average molecular weight is 272 g/mol. The molecule has 5 nitrogen and oxygen atoms in total. The lowest BCUT2D eigenvalue weighted by atomic mass is 10.3. The molecule has 0 atom stereocenters. The van der Waals surface area contributed by atoms with Gasteiger partial charge in [0.25, 0.3) is 0 Å². The minimum absolute atomic E-state index is 0.339. The SMILES string of the molecule is COc1nc(-c2cccs2)n(-c2cccc(N)c2)n1. The third kappa shape index (κ3) is 2.17. The van der Waals surface area contributed by atoms with E-state index >= 15 is 0 Å². The second kappa shape index (κ2) is 4.74. The summed E-state index contributed by atoms with van der Waals surface area (Å²) in [6, 6.07) is 11.8. The van der Waals surface area contributed by atoms with Gasteiger partial charge >= 0.3 is 6.01 Å². The Hall–Kier alpha value is -2.34. The van der Waals surface area contributed by atoms with Crippen LogP contribution in [-0.2, 0) is 0 Å². The minimum atomic E-state index is 0.339. The molecule has 0 unspecified atom stereocenters. The van der Waals surface area contributed by atoms with Crippen LogP contribution in [0, 0.1) is 0 Å². The van der Waals surface area contributed by atoms with E-state index in [-0.39, 0.29) is 0 Å². The molecule has 2 heterocycles. The van der Waals surface area contributed by atoms with E-state index in [1.165, 1.54) is 0 Å². The molecule has 2 N–H and O–H groups in total. The Labute approximate surface area is 114 Å². The van der Waals surface area contributed by atoms with E-state index in [4.69, 9.17) is 10.5 Å². The molecular weight excluding hydrogens is 260 g/mol. The molecule has 3 rings (SSSR count). The maximum absolute atomic E-state index is 5.81. The molecule has 6 heteroatoms.